The molecule has 1 aromatic carbocycles. The van der Waals surface area contributed by atoms with Gasteiger partial charge in [-0.05, 0) is 24.6 Å². The summed E-state index contributed by atoms with van der Waals surface area (Å²) in [7, 11) is 3.89. The number of hydrogen-bond acceptors (Lipinski definition) is 4. The maximum atomic E-state index is 6.08. The van der Waals surface area contributed by atoms with Crippen molar-refractivity contribution in [1.29, 1.82) is 0 Å². The molecule has 2 heterocycles. The molecule has 6 heteroatoms. The zero-order valence-electron chi connectivity index (χ0n) is 12.2. The van der Waals surface area contributed by atoms with Crippen LogP contribution in [-0.4, -0.2) is 26.8 Å². The summed E-state index contributed by atoms with van der Waals surface area (Å²) >= 11 is 6.08. The van der Waals surface area contributed by atoms with Gasteiger partial charge in [-0.3, -0.25) is 4.68 Å². The Kier molecular flexibility index (Phi) is 3.51. The molecule has 1 atom stereocenters. The molecule has 0 aliphatic rings. The molecular formula is C15H16ClN5. The van der Waals surface area contributed by atoms with Gasteiger partial charge in [0.05, 0.1) is 17.6 Å². The van der Waals surface area contributed by atoms with Crippen molar-refractivity contribution in [3.05, 3.63) is 47.4 Å². The van der Waals surface area contributed by atoms with Crippen LogP contribution in [0.5, 0.6) is 0 Å². The van der Waals surface area contributed by atoms with Gasteiger partial charge in [0.2, 0.25) is 0 Å². The number of aromatic nitrogens is 4. The van der Waals surface area contributed by atoms with Gasteiger partial charge in [-0.15, -0.1) is 0 Å². The average molecular weight is 302 g/mol. The Hall–Kier alpha value is -2.14. The van der Waals surface area contributed by atoms with Crippen molar-refractivity contribution in [2.24, 2.45) is 7.05 Å². The van der Waals surface area contributed by atoms with E-state index in [4.69, 9.17) is 11.6 Å². The van der Waals surface area contributed by atoms with Crippen LogP contribution in [0.1, 0.15) is 18.5 Å². The molecule has 3 rings (SSSR count). The fourth-order valence-electron chi connectivity index (χ4n) is 2.40. The van der Waals surface area contributed by atoms with Crippen molar-refractivity contribution < 1.29 is 0 Å². The van der Waals surface area contributed by atoms with Gasteiger partial charge in [-0.1, -0.05) is 23.7 Å². The van der Waals surface area contributed by atoms with E-state index >= 15 is 0 Å². The average Bonchev–Trinajstić information content (AvgIpc) is 2.87. The topological polar surface area (TPSA) is 46.8 Å². The Balaban J connectivity index is 2.02. The number of anilines is 1. The van der Waals surface area contributed by atoms with Crippen LogP contribution in [0, 0.1) is 0 Å². The lowest BCUT2D eigenvalue weighted by molar-refractivity contribution is 0.730. The molecule has 0 spiro atoms. The van der Waals surface area contributed by atoms with Gasteiger partial charge in [0, 0.05) is 19.1 Å². The largest absolute Gasteiger partial charge is 0.352 e. The third-order valence-corrected chi connectivity index (χ3v) is 3.99. The lowest BCUT2D eigenvalue weighted by Crippen LogP contribution is -2.23. The minimum absolute atomic E-state index is 0.141. The highest BCUT2D eigenvalue weighted by Crippen LogP contribution is 2.29. The van der Waals surface area contributed by atoms with Crippen LogP contribution in [0.2, 0.25) is 5.02 Å². The first kappa shape index (κ1) is 13.8. The summed E-state index contributed by atoms with van der Waals surface area (Å²) in [4.78, 5) is 10.8. The molecule has 0 saturated heterocycles. The van der Waals surface area contributed by atoms with Gasteiger partial charge >= 0.3 is 0 Å². The van der Waals surface area contributed by atoms with Crippen molar-refractivity contribution >= 4 is 28.5 Å². The number of hydrogen-bond donors (Lipinski definition) is 0. The zero-order valence-corrected chi connectivity index (χ0v) is 12.9. The van der Waals surface area contributed by atoms with Crippen molar-refractivity contribution in [1.82, 2.24) is 19.7 Å². The molecule has 108 valence electrons. The second-order valence-corrected chi connectivity index (χ2v) is 5.48. The first-order valence-electron chi connectivity index (χ1n) is 6.69. The lowest BCUT2D eigenvalue weighted by Gasteiger charge is -2.26. The van der Waals surface area contributed by atoms with Gasteiger partial charge in [-0.25, -0.2) is 9.97 Å². The van der Waals surface area contributed by atoms with E-state index in [0.29, 0.717) is 0 Å². The number of aryl methyl sites for hydroxylation is 1. The van der Waals surface area contributed by atoms with Crippen molar-refractivity contribution in [3.63, 3.8) is 0 Å². The van der Waals surface area contributed by atoms with E-state index < -0.39 is 0 Å². The van der Waals surface area contributed by atoms with Crippen LogP contribution in [0.4, 0.5) is 5.82 Å². The number of halogens is 1. The Morgan fingerprint density at radius 1 is 1.29 bits per heavy atom. The van der Waals surface area contributed by atoms with E-state index in [9.17, 15) is 0 Å². The van der Waals surface area contributed by atoms with E-state index in [0.717, 1.165) is 27.4 Å². The van der Waals surface area contributed by atoms with Gasteiger partial charge < -0.3 is 4.90 Å². The molecule has 0 aliphatic carbocycles. The van der Waals surface area contributed by atoms with Gasteiger partial charge in [0.1, 0.15) is 12.1 Å². The van der Waals surface area contributed by atoms with Crippen molar-refractivity contribution in [3.8, 4) is 0 Å². The fraction of sp³-hybridized carbons (Fsp3) is 0.267. The highest BCUT2D eigenvalue weighted by atomic mass is 35.5. The predicted molar refractivity (Wildman–Crippen MR) is 84.6 cm³/mol. The quantitative estimate of drug-likeness (QED) is 0.745. The van der Waals surface area contributed by atoms with Crippen LogP contribution in [0.25, 0.3) is 11.0 Å². The summed E-state index contributed by atoms with van der Waals surface area (Å²) in [5, 5.41) is 5.93. The standard InChI is InChI=1S/C15H16ClN5/c1-10(11-5-4-6-12(16)7-11)20(2)14-13-8-19-21(3)15(13)18-9-17-14/h4-10H,1-3H3/t10-/m0/s1. The molecule has 0 unspecified atom stereocenters. The van der Waals surface area contributed by atoms with Crippen LogP contribution in [0.3, 0.4) is 0 Å². The first-order valence-corrected chi connectivity index (χ1v) is 7.06. The molecule has 0 saturated carbocycles. The second-order valence-electron chi connectivity index (χ2n) is 5.04. The molecular weight excluding hydrogens is 286 g/mol. The van der Waals surface area contributed by atoms with E-state index in [1.807, 2.05) is 32.3 Å². The minimum Gasteiger partial charge on any atom is -0.352 e. The summed E-state index contributed by atoms with van der Waals surface area (Å²) in [6.45, 7) is 2.12. The highest BCUT2D eigenvalue weighted by molar-refractivity contribution is 6.30. The van der Waals surface area contributed by atoms with Crippen LogP contribution in [-0.2, 0) is 7.05 Å². The summed E-state index contributed by atoms with van der Waals surface area (Å²) < 4.78 is 1.75. The third kappa shape index (κ3) is 2.45. The summed E-state index contributed by atoms with van der Waals surface area (Å²) in [6, 6.07) is 8.02. The Bertz CT molecular complexity index is 783. The van der Waals surface area contributed by atoms with E-state index in [1.54, 1.807) is 17.2 Å². The SMILES string of the molecule is C[C@@H](c1cccc(Cl)c1)N(C)c1ncnc2c1cnn2C. The molecule has 0 aliphatic heterocycles. The predicted octanol–water partition coefficient (Wildman–Crippen LogP) is 3.21. The summed E-state index contributed by atoms with van der Waals surface area (Å²) in [6.07, 6.45) is 3.37. The maximum Gasteiger partial charge on any atom is 0.163 e. The molecule has 21 heavy (non-hydrogen) atoms. The zero-order chi connectivity index (χ0) is 15.0. The number of rotatable bonds is 3. The molecule has 0 bridgehead atoms. The maximum absolute atomic E-state index is 6.08. The Morgan fingerprint density at radius 2 is 2.10 bits per heavy atom. The summed E-state index contributed by atoms with van der Waals surface area (Å²) in [5.74, 6) is 0.862. The second kappa shape index (κ2) is 5.33. The minimum atomic E-state index is 0.141. The lowest BCUT2D eigenvalue weighted by atomic mass is 10.1. The summed E-state index contributed by atoms with van der Waals surface area (Å²) in [5.41, 5.74) is 1.96. The Labute approximate surface area is 128 Å². The molecule has 2 aromatic heterocycles. The number of benzene rings is 1. The fourth-order valence-corrected chi connectivity index (χ4v) is 2.60. The van der Waals surface area contributed by atoms with E-state index in [-0.39, 0.29) is 6.04 Å². The van der Waals surface area contributed by atoms with E-state index in [2.05, 4.69) is 33.0 Å². The number of nitrogens with zero attached hydrogens (tertiary/aromatic N) is 5. The van der Waals surface area contributed by atoms with Crippen molar-refractivity contribution in [2.75, 3.05) is 11.9 Å². The number of fused-ring (bicyclic) bond motifs is 1. The molecule has 0 fully saturated rings. The smallest absolute Gasteiger partial charge is 0.163 e. The van der Waals surface area contributed by atoms with E-state index in [1.165, 1.54) is 0 Å². The van der Waals surface area contributed by atoms with Gasteiger partial charge in [0.15, 0.2) is 5.65 Å². The molecule has 5 nitrogen and oxygen atoms in total. The molecule has 0 N–H and O–H groups in total. The monoisotopic (exact) mass is 301 g/mol. The van der Waals surface area contributed by atoms with Crippen LogP contribution < -0.4 is 4.90 Å². The van der Waals surface area contributed by atoms with Crippen LogP contribution in [0.15, 0.2) is 36.8 Å². The van der Waals surface area contributed by atoms with Gasteiger partial charge in [0.25, 0.3) is 0 Å². The Morgan fingerprint density at radius 3 is 2.86 bits per heavy atom. The van der Waals surface area contributed by atoms with Crippen molar-refractivity contribution in [2.45, 2.75) is 13.0 Å². The van der Waals surface area contributed by atoms with Gasteiger partial charge in [-0.2, -0.15) is 5.10 Å². The highest BCUT2D eigenvalue weighted by Gasteiger charge is 2.17. The normalized spacial score (nSPS) is 12.6. The molecule has 0 radical (unpaired) electrons. The third-order valence-electron chi connectivity index (χ3n) is 3.75. The molecule has 3 aromatic rings. The first-order chi connectivity index (χ1) is 10.1. The van der Waals surface area contributed by atoms with Crippen LogP contribution >= 0.6 is 11.6 Å². The molecule has 0 amide bonds.